The third-order valence-electron chi connectivity index (χ3n) is 2.58. The summed E-state index contributed by atoms with van der Waals surface area (Å²) in [5, 5.41) is 9.77. The molecule has 0 aromatic rings. The first-order valence-electron chi connectivity index (χ1n) is 4.89. The van der Waals surface area contributed by atoms with Gasteiger partial charge in [-0.05, 0) is 11.8 Å². The van der Waals surface area contributed by atoms with E-state index in [-0.39, 0.29) is 17.7 Å². The fraction of sp³-hybridized carbons (Fsp3) is 1.00. The Bertz CT molecular complexity index is 292. The van der Waals surface area contributed by atoms with E-state index in [1.807, 2.05) is 20.8 Å². The molecule has 0 spiro atoms. The highest BCUT2D eigenvalue weighted by molar-refractivity contribution is 7.89. The van der Waals surface area contributed by atoms with Gasteiger partial charge in [0.05, 0.1) is 11.9 Å². The molecular weight excluding hydrogens is 202 g/mol. The quantitative estimate of drug-likeness (QED) is 0.735. The fourth-order valence-corrected chi connectivity index (χ4v) is 2.89. The Morgan fingerprint density at radius 1 is 1.43 bits per heavy atom. The molecule has 0 radical (unpaired) electrons. The largest absolute Gasteiger partial charge is 0.391 e. The van der Waals surface area contributed by atoms with Crippen molar-refractivity contribution in [3.05, 3.63) is 0 Å². The van der Waals surface area contributed by atoms with Gasteiger partial charge >= 0.3 is 0 Å². The summed E-state index contributed by atoms with van der Waals surface area (Å²) in [6.07, 6.45) is 0.0783. The third kappa shape index (κ3) is 2.68. The summed E-state index contributed by atoms with van der Waals surface area (Å²) in [7, 11) is -3.07. The maximum absolute atomic E-state index is 11.4. The van der Waals surface area contributed by atoms with Crippen LogP contribution >= 0.6 is 0 Å². The lowest BCUT2D eigenvalue weighted by Crippen LogP contribution is -2.40. The molecule has 1 rings (SSSR count). The second-order valence-corrected chi connectivity index (χ2v) is 7.00. The number of aliphatic hydroxyl groups excluding tert-OH is 1. The molecule has 1 atom stereocenters. The summed E-state index contributed by atoms with van der Waals surface area (Å²) in [4.78, 5) is 0. The van der Waals surface area contributed by atoms with E-state index in [2.05, 4.69) is 0 Å². The minimum absolute atomic E-state index is 0.226. The van der Waals surface area contributed by atoms with Crippen molar-refractivity contribution >= 4 is 10.0 Å². The fourth-order valence-electron chi connectivity index (χ4n) is 1.36. The molecule has 1 unspecified atom stereocenters. The first-order valence-corrected chi connectivity index (χ1v) is 6.50. The smallest absolute Gasteiger partial charge is 0.214 e. The number of rotatable bonds is 2. The normalized spacial score (nSPS) is 25.1. The Balaban J connectivity index is 2.62. The van der Waals surface area contributed by atoms with E-state index in [1.165, 1.54) is 4.31 Å². The summed E-state index contributed by atoms with van der Waals surface area (Å²) in [6, 6.07) is 0. The highest BCUT2D eigenvalue weighted by atomic mass is 32.2. The van der Waals surface area contributed by atoms with Gasteiger partial charge in [0.15, 0.2) is 0 Å². The predicted octanol–water partition coefficient (Wildman–Crippen LogP) is 0.429. The lowest BCUT2D eigenvalue weighted by atomic mass is 9.89. The van der Waals surface area contributed by atoms with Crippen LogP contribution in [0.4, 0.5) is 0 Å². The lowest BCUT2D eigenvalue weighted by molar-refractivity contribution is 0.0482. The number of hydrogen-bond acceptors (Lipinski definition) is 3. The van der Waals surface area contributed by atoms with Crippen LogP contribution in [0.2, 0.25) is 0 Å². The number of aliphatic hydroxyl groups is 1. The van der Waals surface area contributed by atoms with Crippen LogP contribution in [-0.2, 0) is 10.0 Å². The number of hydrogen-bond donors (Lipinski definition) is 1. The zero-order chi connectivity index (χ0) is 11.0. The molecular formula is C9H19NO3S. The van der Waals surface area contributed by atoms with Gasteiger partial charge in [-0.2, -0.15) is 4.31 Å². The molecule has 0 amide bonds. The molecule has 5 heteroatoms. The van der Waals surface area contributed by atoms with Crippen LogP contribution in [0, 0.1) is 5.41 Å². The summed E-state index contributed by atoms with van der Waals surface area (Å²) in [5.74, 6) is 0.226. The van der Waals surface area contributed by atoms with Crippen LogP contribution in [0.3, 0.4) is 0 Å². The summed E-state index contributed by atoms with van der Waals surface area (Å²) >= 11 is 0. The van der Waals surface area contributed by atoms with Crippen LogP contribution < -0.4 is 0 Å². The van der Waals surface area contributed by atoms with E-state index in [9.17, 15) is 13.5 Å². The van der Waals surface area contributed by atoms with Gasteiger partial charge in [-0.3, -0.25) is 0 Å². The molecule has 4 nitrogen and oxygen atoms in total. The van der Waals surface area contributed by atoms with Crippen molar-refractivity contribution in [3.8, 4) is 0 Å². The van der Waals surface area contributed by atoms with Crippen LogP contribution in [0.15, 0.2) is 0 Å². The van der Waals surface area contributed by atoms with E-state index >= 15 is 0 Å². The number of sulfonamides is 1. The van der Waals surface area contributed by atoms with Crippen LogP contribution in [0.25, 0.3) is 0 Å². The number of β-amino-alcohol motifs (C(OH)–C–C–N with tert-alkyl or cyclic N) is 1. The second kappa shape index (κ2) is 3.79. The van der Waals surface area contributed by atoms with Crippen molar-refractivity contribution in [1.29, 1.82) is 0 Å². The molecule has 0 aliphatic carbocycles. The first kappa shape index (κ1) is 11.9. The maximum atomic E-state index is 11.4. The molecule has 84 valence electrons. The van der Waals surface area contributed by atoms with Gasteiger partial charge in [0.1, 0.15) is 0 Å². The predicted molar refractivity (Wildman–Crippen MR) is 55.4 cm³/mol. The highest BCUT2D eigenvalue weighted by Crippen LogP contribution is 2.22. The average Bonchev–Trinajstić information content (AvgIpc) is 2.29. The van der Waals surface area contributed by atoms with Gasteiger partial charge in [0, 0.05) is 13.1 Å². The minimum Gasteiger partial charge on any atom is -0.391 e. The topological polar surface area (TPSA) is 57.6 Å². The lowest BCUT2D eigenvalue weighted by Gasteiger charge is -2.28. The Hall–Kier alpha value is -0.130. The first-order chi connectivity index (χ1) is 6.23. The van der Waals surface area contributed by atoms with Crippen molar-refractivity contribution in [1.82, 2.24) is 4.31 Å². The van der Waals surface area contributed by atoms with E-state index < -0.39 is 16.1 Å². The maximum Gasteiger partial charge on any atom is 0.214 e. The Morgan fingerprint density at radius 2 is 2.00 bits per heavy atom. The highest BCUT2D eigenvalue weighted by Gasteiger charge is 2.33. The van der Waals surface area contributed by atoms with Crippen molar-refractivity contribution in [2.24, 2.45) is 5.41 Å². The second-order valence-electron chi connectivity index (χ2n) is 4.91. The van der Waals surface area contributed by atoms with Crippen LogP contribution in [0.5, 0.6) is 0 Å². The molecule has 1 aliphatic heterocycles. The third-order valence-corrected chi connectivity index (χ3v) is 4.50. The molecule has 1 fully saturated rings. The summed E-state index contributed by atoms with van der Waals surface area (Å²) in [5.41, 5.74) is -0.266. The minimum atomic E-state index is -3.07. The van der Waals surface area contributed by atoms with Gasteiger partial charge in [-0.15, -0.1) is 0 Å². The van der Waals surface area contributed by atoms with Crippen molar-refractivity contribution in [3.63, 3.8) is 0 Å². The monoisotopic (exact) mass is 221 g/mol. The van der Waals surface area contributed by atoms with Crippen LogP contribution in [0.1, 0.15) is 27.2 Å². The molecule has 0 aromatic heterocycles. The molecule has 0 aromatic carbocycles. The molecule has 0 saturated carbocycles. The van der Waals surface area contributed by atoms with Gasteiger partial charge in [0.25, 0.3) is 0 Å². The van der Waals surface area contributed by atoms with Crippen molar-refractivity contribution in [2.75, 3.05) is 18.8 Å². The number of nitrogens with zero attached hydrogens (tertiary/aromatic N) is 1. The van der Waals surface area contributed by atoms with Crippen molar-refractivity contribution < 1.29 is 13.5 Å². The van der Waals surface area contributed by atoms with E-state index in [4.69, 9.17) is 0 Å². The zero-order valence-corrected chi connectivity index (χ0v) is 9.84. The average molecular weight is 221 g/mol. The molecule has 1 N–H and O–H groups in total. The van der Waals surface area contributed by atoms with Gasteiger partial charge in [-0.1, -0.05) is 20.8 Å². The van der Waals surface area contributed by atoms with Gasteiger partial charge in [0.2, 0.25) is 10.0 Å². The summed E-state index contributed by atoms with van der Waals surface area (Å²) in [6.45, 7) is 6.49. The van der Waals surface area contributed by atoms with Gasteiger partial charge < -0.3 is 5.11 Å². The standard InChI is InChI=1S/C9H19NO3S/c1-9(2,3)8(11)7-10-5-4-6-14(10,12)13/h8,11H,4-7H2,1-3H3. The van der Waals surface area contributed by atoms with Crippen molar-refractivity contribution in [2.45, 2.75) is 33.3 Å². The molecule has 0 bridgehead atoms. The molecule has 1 heterocycles. The Kier molecular flexibility index (Phi) is 3.23. The summed E-state index contributed by atoms with van der Waals surface area (Å²) < 4.78 is 24.3. The zero-order valence-electron chi connectivity index (χ0n) is 9.02. The Morgan fingerprint density at radius 3 is 2.36 bits per heavy atom. The van der Waals surface area contributed by atoms with Gasteiger partial charge in [-0.25, -0.2) is 8.42 Å². The van der Waals surface area contributed by atoms with E-state index in [0.717, 1.165) is 0 Å². The SMILES string of the molecule is CC(C)(C)C(O)CN1CCCS1(=O)=O. The molecule has 1 saturated heterocycles. The molecule has 14 heavy (non-hydrogen) atoms. The van der Waals surface area contributed by atoms with E-state index in [0.29, 0.717) is 13.0 Å². The van der Waals surface area contributed by atoms with Crippen LogP contribution in [-0.4, -0.2) is 42.8 Å². The molecule has 1 aliphatic rings. The van der Waals surface area contributed by atoms with E-state index in [1.54, 1.807) is 0 Å². The Labute approximate surface area is 86.0 Å².